The van der Waals surface area contributed by atoms with Gasteiger partial charge < -0.3 is 15.8 Å². The molecule has 0 spiro atoms. The fraction of sp³-hybridized carbons (Fsp3) is 0.429. The van der Waals surface area contributed by atoms with Crippen LogP contribution in [0.25, 0.3) is 0 Å². The molecule has 0 saturated carbocycles. The number of ether oxygens (including phenoxy) is 1. The third kappa shape index (κ3) is 4.21. The van der Waals surface area contributed by atoms with Crippen LogP contribution in [0.3, 0.4) is 0 Å². The zero-order chi connectivity index (χ0) is 14.6. The van der Waals surface area contributed by atoms with Gasteiger partial charge in [-0.05, 0) is 38.5 Å². The average Bonchev–Trinajstić information content (AvgIpc) is 2.40. The van der Waals surface area contributed by atoms with Crippen molar-refractivity contribution in [3.63, 3.8) is 0 Å². The molecule has 1 rings (SSSR count). The number of amides is 1. The van der Waals surface area contributed by atoms with E-state index in [1.165, 1.54) is 7.11 Å². The topological polar surface area (TPSA) is 81.4 Å². The molecule has 0 saturated heterocycles. The van der Waals surface area contributed by atoms with Gasteiger partial charge in [0.2, 0.25) is 5.91 Å². The fourth-order valence-corrected chi connectivity index (χ4v) is 1.39. The number of benzene rings is 1. The van der Waals surface area contributed by atoms with E-state index in [4.69, 9.17) is 5.73 Å². The molecular formula is C14H21ClN2O3. The maximum atomic E-state index is 12.1. The Balaban J connectivity index is 0.00000361. The molecule has 3 N–H and O–H groups in total. The van der Waals surface area contributed by atoms with Crippen molar-refractivity contribution in [1.82, 2.24) is 0 Å². The lowest BCUT2D eigenvalue weighted by Crippen LogP contribution is -2.37. The largest absolute Gasteiger partial charge is 0.465 e. The zero-order valence-corrected chi connectivity index (χ0v) is 13.0. The Bertz CT molecular complexity index is 501. The van der Waals surface area contributed by atoms with Gasteiger partial charge in [0.15, 0.2) is 0 Å². The number of hydrogen-bond donors (Lipinski definition) is 2. The van der Waals surface area contributed by atoms with Gasteiger partial charge in [0, 0.05) is 12.2 Å². The third-order valence-electron chi connectivity index (χ3n) is 3.03. The van der Waals surface area contributed by atoms with E-state index in [1.807, 2.05) is 6.92 Å². The third-order valence-corrected chi connectivity index (χ3v) is 3.03. The highest BCUT2D eigenvalue weighted by Gasteiger charge is 2.26. The molecule has 1 amide bonds. The number of aryl methyl sites for hydroxylation is 1. The molecule has 0 bridgehead atoms. The molecule has 0 aromatic heterocycles. The normalized spacial score (nSPS) is 10.4. The number of methoxy groups -OCH3 is 1. The molecule has 0 aliphatic rings. The summed E-state index contributed by atoms with van der Waals surface area (Å²) in [5.74, 6) is -0.617. The van der Waals surface area contributed by atoms with Crippen LogP contribution < -0.4 is 11.1 Å². The molecule has 0 fully saturated rings. The van der Waals surface area contributed by atoms with Gasteiger partial charge in [-0.1, -0.05) is 6.07 Å². The highest BCUT2D eigenvalue weighted by molar-refractivity contribution is 5.97. The van der Waals surface area contributed by atoms with Crippen LogP contribution in [0.5, 0.6) is 0 Å². The molecule has 0 radical (unpaired) electrons. The van der Waals surface area contributed by atoms with E-state index in [0.29, 0.717) is 11.3 Å². The van der Waals surface area contributed by atoms with Crippen LogP contribution >= 0.6 is 12.4 Å². The summed E-state index contributed by atoms with van der Waals surface area (Å²) in [7, 11) is 1.32. The summed E-state index contributed by atoms with van der Waals surface area (Å²) >= 11 is 0. The lowest BCUT2D eigenvalue weighted by Gasteiger charge is -2.22. The van der Waals surface area contributed by atoms with Crippen molar-refractivity contribution in [3.05, 3.63) is 29.3 Å². The van der Waals surface area contributed by atoms with Crippen LogP contribution in [0.2, 0.25) is 0 Å². The van der Waals surface area contributed by atoms with Crippen LogP contribution in [0.1, 0.15) is 29.8 Å². The molecule has 0 atom stereocenters. The first-order valence-electron chi connectivity index (χ1n) is 6.02. The standard InChI is InChI=1S/C14H20N2O3.ClH/c1-9-5-6-10(12(17)19-4)7-11(9)16-13(18)14(2,3)8-15;/h5-7H,8,15H2,1-4H3,(H,16,18);1H. The number of nitrogens with two attached hydrogens (primary N) is 1. The number of nitrogens with one attached hydrogen (secondary N) is 1. The maximum Gasteiger partial charge on any atom is 0.337 e. The Hall–Kier alpha value is -1.59. The van der Waals surface area contributed by atoms with Gasteiger partial charge in [-0.3, -0.25) is 4.79 Å². The van der Waals surface area contributed by atoms with Crippen LogP contribution in [-0.4, -0.2) is 25.5 Å². The zero-order valence-electron chi connectivity index (χ0n) is 12.1. The molecule has 6 heteroatoms. The molecule has 0 aliphatic heterocycles. The fourth-order valence-electron chi connectivity index (χ4n) is 1.39. The second kappa shape index (κ2) is 7.26. The summed E-state index contributed by atoms with van der Waals surface area (Å²) in [4.78, 5) is 23.5. The molecule has 1 aromatic rings. The van der Waals surface area contributed by atoms with E-state index in [9.17, 15) is 9.59 Å². The Morgan fingerprint density at radius 1 is 1.35 bits per heavy atom. The molecule has 0 unspecified atom stereocenters. The molecule has 5 nitrogen and oxygen atoms in total. The number of rotatable bonds is 4. The van der Waals surface area contributed by atoms with Gasteiger partial charge in [0.05, 0.1) is 18.1 Å². The van der Waals surface area contributed by atoms with Crippen LogP contribution in [0.15, 0.2) is 18.2 Å². The number of hydrogen-bond acceptors (Lipinski definition) is 4. The molecule has 20 heavy (non-hydrogen) atoms. The minimum absolute atomic E-state index is 0. The number of carbonyl (C=O) groups excluding carboxylic acids is 2. The molecule has 112 valence electrons. The van der Waals surface area contributed by atoms with Crippen molar-refractivity contribution < 1.29 is 14.3 Å². The minimum Gasteiger partial charge on any atom is -0.465 e. The van der Waals surface area contributed by atoms with Crippen LogP contribution in [0, 0.1) is 12.3 Å². The smallest absolute Gasteiger partial charge is 0.337 e. The summed E-state index contributed by atoms with van der Waals surface area (Å²) in [5.41, 5.74) is 6.76. The van der Waals surface area contributed by atoms with Gasteiger partial charge in [0.1, 0.15) is 0 Å². The highest BCUT2D eigenvalue weighted by Crippen LogP contribution is 2.21. The first-order chi connectivity index (χ1) is 8.81. The number of anilines is 1. The number of carbonyl (C=O) groups is 2. The first kappa shape index (κ1) is 18.4. The van der Waals surface area contributed by atoms with Crippen molar-refractivity contribution in [2.45, 2.75) is 20.8 Å². The van der Waals surface area contributed by atoms with Crippen LogP contribution in [0.4, 0.5) is 5.69 Å². The van der Waals surface area contributed by atoms with Gasteiger partial charge >= 0.3 is 5.97 Å². The van der Waals surface area contributed by atoms with Gasteiger partial charge in [-0.25, -0.2) is 4.79 Å². The van der Waals surface area contributed by atoms with E-state index in [0.717, 1.165) is 5.56 Å². The van der Waals surface area contributed by atoms with Gasteiger partial charge in [0.25, 0.3) is 0 Å². The Labute approximate surface area is 125 Å². The second-order valence-corrected chi connectivity index (χ2v) is 5.06. The SMILES string of the molecule is COC(=O)c1ccc(C)c(NC(=O)C(C)(C)CN)c1.Cl. The monoisotopic (exact) mass is 300 g/mol. The summed E-state index contributed by atoms with van der Waals surface area (Å²) < 4.78 is 4.65. The summed E-state index contributed by atoms with van der Waals surface area (Å²) in [6.07, 6.45) is 0. The van der Waals surface area contributed by atoms with E-state index in [2.05, 4.69) is 10.1 Å². The molecule has 1 aromatic carbocycles. The number of halogens is 1. The Kier molecular flexibility index (Phi) is 6.68. The summed E-state index contributed by atoms with van der Waals surface area (Å²) in [6.45, 7) is 5.63. The predicted molar refractivity (Wildman–Crippen MR) is 81.2 cm³/mol. The maximum absolute atomic E-state index is 12.1. The van der Waals surface area contributed by atoms with E-state index >= 15 is 0 Å². The van der Waals surface area contributed by atoms with Crippen molar-refractivity contribution in [1.29, 1.82) is 0 Å². The quantitative estimate of drug-likeness (QED) is 0.835. The van der Waals surface area contributed by atoms with E-state index in [-0.39, 0.29) is 24.9 Å². The van der Waals surface area contributed by atoms with Crippen molar-refractivity contribution >= 4 is 30.0 Å². The summed E-state index contributed by atoms with van der Waals surface area (Å²) in [5, 5.41) is 2.79. The van der Waals surface area contributed by atoms with Crippen molar-refractivity contribution in [3.8, 4) is 0 Å². The summed E-state index contributed by atoms with van der Waals surface area (Å²) in [6, 6.07) is 5.02. The van der Waals surface area contributed by atoms with Gasteiger partial charge in [-0.15, -0.1) is 12.4 Å². The second-order valence-electron chi connectivity index (χ2n) is 5.06. The van der Waals surface area contributed by atoms with Gasteiger partial charge in [-0.2, -0.15) is 0 Å². The average molecular weight is 301 g/mol. The molecular weight excluding hydrogens is 280 g/mol. The van der Waals surface area contributed by atoms with Crippen molar-refractivity contribution in [2.24, 2.45) is 11.1 Å². The predicted octanol–water partition coefficient (Wildman–Crippen LogP) is 2.13. The molecule has 0 heterocycles. The lowest BCUT2D eigenvalue weighted by molar-refractivity contribution is -0.123. The van der Waals surface area contributed by atoms with E-state index in [1.54, 1.807) is 32.0 Å². The Morgan fingerprint density at radius 3 is 2.45 bits per heavy atom. The lowest BCUT2D eigenvalue weighted by atomic mass is 9.92. The highest BCUT2D eigenvalue weighted by atomic mass is 35.5. The molecule has 0 aliphatic carbocycles. The number of esters is 1. The van der Waals surface area contributed by atoms with E-state index < -0.39 is 11.4 Å². The minimum atomic E-state index is -0.659. The Morgan fingerprint density at radius 2 is 1.95 bits per heavy atom. The first-order valence-corrected chi connectivity index (χ1v) is 6.02. The van der Waals surface area contributed by atoms with Crippen molar-refractivity contribution in [2.75, 3.05) is 19.0 Å². The van der Waals surface area contributed by atoms with Crippen LogP contribution in [-0.2, 0) is 9.53 Å².